The van der Waals surface area contributed by atoms with Crippen molar-refractivity contribution in [2.24, 2.45) is 0 Å². The number of methoxy groups -OCH3 is 2. The third-order valence-electron chi connectivity index (χ3n) is 4.25. The molecule has 6 nitrogen and oxygen atoms in total. The van der Waals surface area contributed by atoms with Gasteiger partial charge in [-0.05, 0) is 43.0 Å². The van der Waals surface area contributed by atoms with Gasteiger partial charge in [-0.2, -0.15) is 0 Å². The Labute approximate surface area is 150 Å². The molecule has 0 atom stereocenters. The maximum atomic E-state index is 12.6. The summed E-state index contributed by atoms with van der Waals surface area (Å²) in [5, 5.41) is 6.15. The van der Waals surface area contributed by atoms with Crippen LogP contribution in [-0.2, 0) is 12.8 Å². The van der Waals surface area contributed by atoms with Gasteiger partial charge in [0.1, 0.15) is 5.00 Å². The molecule has 2 amide bonds. The molecule has 1 aromatic carbocycles. The fraction of sp³-hybridized carbons (Fsp3) is 0.333. The molecule has 0 saturated heterocycles. The Morgan fingerprint density at radius 3 is 2.52 bits per heavy atom. The molecule has 1 aliphatic carbocycles. The second kappa shape index (κ2) is 7.14. The first-order chi connectivity index (χ1) is 12.1. The second-order valence-corrected chi connectivity index (χ2v) is 6.77. The summed E-state index contributed by atoms with van der Waals surface area (Å²) in [6.07, 6.45) is 2.88. The van der Waals surface area contributed by atoms with Gasteiger partial charge in [-0.25, -0.2) is 0 Å². The highest BCUT2D eigenvalue weighted by atomic mass is 32.1. The summed E-state index contributed by atoms with van der Waals surface area (Å²) in [5.74, 6) is 0.587. The van der Waals surface area contributed by atoms with Crippen LogP contribution in [-0.4, -0.2) is 33.1 Å². The van der Waals surface area contributed by atoms with Crippen LogP contribution < -0.4 is 20.1 Å². The Bertz CT molecular complexity index is 829. The molecule has 2 aromatic rings. The second-order valence-electron chi connectivity index (χ2n) is 5.66. The Morgan fingerprint density at radius 1 is 1.08 bits per heavy atom. The molecule has 1 heterocycles. The topological polar surface area (TPSA) is 76.7 Å². The molecule has 0 radical (unpaired) electrons. The third-order valence-corrected chi connectivity index (χ3v) is 5.46. The molecule has 0 aliphatic heterocycles. The van der Waals surface area contributed by atoms with Crippen LogP contribution in [0.5, 0.6) is 11.5 Å². The molecular weight excluding hydrogens is 340 g/mol. The van der Waals surface area contributed by atoms with E-state index in [2.05, 4.69) is 10.6 Å². The molecule has 0 saturated carbocycles. The van der Waals surface area contributed by atoms with Crippen molar-refractivity contribution in [2.45, 2.75) is 19.3 Å². The van der Waals surface area contributed by atoms with E-state index in [1.165, 1.54) is 23.3 Å². The van der Waals surface area contributed by atoms with E-state index in [-0.39, 0.29) is 11.8 Å². The summed E-state index contributed by atoms with van der Waals surface area (Å²) in [6.45, 7) is 0. The molecule has 7 heteroatoms. The van der Waals surface area contributed by atoms with E-state index in [9.17, 15) is 9.59 Å². The number of aryl methyl sites for hydroxylation is 1. The average Bonchev–Trinajstić information content (AvgIpc) is 3.21. The maximum Gasteiger partial charge on any atom is 0.256 e. The summed E-state index contributed by atoms with van der Waals surface area (Å²) in [5.41, 5.74) is 2.09. The predicted molar refractivity (Wildman–Crippen MR) is 97.2 cm³/mol. The summed E-state index contributed by atoms with van der Waals surface area (Å²) in [7, 11) is 4.66. The molecule has 25 heavy (non-hydrogen) atoms. The number of nitrogens with one attached hydrogen (secondary N) is 2. The summed E-state index contributed by atoms with van der Waals surface area (Å²) < 4.78 is 10.4. The van der Waals surface area contributed by atoms with Gasteiger partial charge < -0.3 is 20.1 Å². The molecule has 3 rings (SSSR count). The van der Waals surface area contributed by atoms with E-state index < -0.39 is 0 Å². The molecule has 0 unspecified atom stereocenters. The van der Waals surface area contributed by atoms with E-state index >= 15 is 0 Å². The van der Waals surface area contributed by atoms with Crippen molar-refractivity contribution in [1.29, 1.82) is 0 Å². The highest BCUT2D eigenvalue weighted by molar-refractivity contribution is 7.17. The monoisotopic (exact) mass is 360 g/mol. The molecule has 1 aromatic heterocycles. The van der Waals surface area contributed by atoms with Crippen LogP contribution in [0, 0.1) is 0 Å². The number of rotatable bonds is 5. The highest BCUT2D eigenvalue weighted by Gasteiger charge is 2.27. The summed E-state index contributed by atoms with van der Waals surface area (Å²) in [6, 6.07) is 4.97. The number of carbonyl (C=O) groups is 2. The number of carbonyl (C=O) groups excluding carboxylic acids is 2. The van der Waals surface area contributed by atoms with E-state index in [0.717, 1.165) is 24.8 Å². The predicted octanol–water partition coefficient (Wildman–Crippen LogP) is 2.87. The number of anilines is 1. The minimum atomic E-state index is -0.286. The third kappa shape index (κ3) is 3.19. The fourth-order valence-electron chi connectivity index (χ4n) is 3.01. The van der Waals surface area contributed by atoms with Crippen molar-refractivity contribution in [2.75, 3.05) is 26.6 Å². The van der Waals surface area contributed by atoms with Crippen molar-refractivity contribution < 1.29 is 19.1 Å². The van der Waals surface area contributed by atoms with Gasteiger partial charge in [0.2, 0.25) is 0 Å². The zero-order chi connectivity index (χ0) is 18.0. The van der Waals surface area contributed by atoms with E-state index in [1.807, 2.05) is 0 Å². The Balaban J connectivity index is 1.90. The average molecular weight is 360 g/mol. The lowest BCUT2D eigenvalue weighted by atomic mass is 10.1. The Hall–Kier alpha value is -2.54. The van der Waals surface area contributed by atoms with Gasteiger partial charge in [0.05, 0.1) is 19.8 Å². The first kappa shape index (κ1) is 17.3. The summed E-state index contributed by atoms with van der Waals surface area (Å²) >= 11 is 1.48. The maximum absolute atomic E-state index is 12.6. The largest absolute Gasteiger partial charge is 0.493 e. The Kier molecular flexibility index (Phi) is 4.94. The number of thiophene rings is 1. The lowest BCUT2D eigenvalue weighted by molar-refractivity contribution is 0.0963. The van der Waals surface area contributed by atoms with E-state index in [0.29, 0.717) is 27.6 Å². The van der Waals surface area contributed by atoms with E-state index in [1.54, 1.807) is 32.4 Å². The standard InChI is InChI=1S/C18H20N2O4S/c1-19-17(22)15-11-5-4-6-14(11)25-18(15)20-16(21)10-7-8-12(23-2)13(9-10)24-3/h7-9H,4-6H2,1-3H3,(H,19,22)(H,20,21). The van der Waals surface area contributed by atoms with Crippen LogP contribution in [0.2, 0.25) is 0 Å². The number of fused-ring (bicyclic) bond motifs is 1. The number of hydrogen-bond acceptors (Lipinski definition) is 5. The molecule has 2 N–H and O–H groups in total. The molecule has 1 aliphatic rings. The highest BCUT2D eigenvalue weighted by Crippen LogP contribution is 2.39. The number of hydrogen-bond donors (Lipinski definition) is 2. The van der Waals surface area contributed by atoms with Crippen molar-refractivity contribution in [3.63, 3.8) is 0 Å². The quantitative estimate of drug-likeness (QED) is 0.860. The van der Waals surface area contributed by atoms with Crippen molar-refractivity contribution in [1.82, 2.24) is 5.32 Å². The van der Waals surface area contributed by atoms with Crippen molar-refractivity contribution >= 4 is 28.2 Å². The van der Waals surface area contributed by atoms with Crippen LogP contribution in [0.4, 0.5) is 5.00 Å². The van der Waals surface area contributed by atoms with Gasteiger partial charge in [-0.3, -0.25) is 9.59 Å². The number of amides is 2. The van der Waals surface area contributed by atoms with Crippen LogP contribution in [0.1, 0.15) is 37.6 Å². The minimum Gasteiger partial charge on any atom is -0.493 e. The van der Waals surface area contributed by atoms with Crippen LogP contribution >= 0.6 is 11.3 Å². The lowest BCUT2D eigenvalue weighted by Gasteiger charge is -2.10. The first-order valence-electron chi connectivity index (χ1n) is 7.99. The minimum absolute atomic E-state index is 0.165. The van der Waals surface area contributed by atoms with Gasteiger partial charge >= 0.3 is 0 Å². The van der Waals surface area contributed by atoms with Crippen LogP contribution in [0.3, 0.4) is 0 Å². The van der Waals surface area contributed by atoms with Gasteiger partial charge in [-0.15, -0.1) is 11.3 Å². The normalized spacial score (nSPS) is 12.4. The van der Waals surface area contributed by atoms with Crippen LogP contribution in [0.25, 0.3) is 0 Å². The molecule has 0 spiro atoms. The molecule has 0 fully saturated rings. The van der Waals surface area contributed by atoms with Gasteiger partial charge in [0.25, 0.3) is 11.8 Å². The Morgan fingerprint density at radius 2 is 1.84 bits per heavy atom. The van der Waals surface area contributed by atoms with Crippen LogP contribution in [0.15, 0.2) is 18.2 Å². The fourth-order valence-corrected chi connectivity index (χ4v) is 4.29. The first-order valence-corrected chi connectivity index (χ1v) is 8.80. The zero-order valence-corrected chi connectivity index (χ0v) is 15.2. The molecule has 132 valence electrons. The summed E-state index contributed by atoms with van der Waals surface area (Å²) in [4.78, 5) is 26.1. The number of benzene rings is 1. The van der Waals surface area contributed by atoms with Crippen molar-refractivity contribution in [3.05, 3.63) is 39.8 Å². The van der Waals surface area contributed by atoms with Crippen molar-refractivity contribution in [3.8, 4) is 11.5 Å². The number of ether oxygens (including phenoxy) is 2. The van der Waals surface area contributed by atoms with Gasteiger partial charge in [0.15, 0.2) is 11.5 Å². The van der Waals surface area contributed by atoms with Gasteiger partial charge in [-0.1, -0.05) is 0 Å². The molecule has 0 bridgehead atoms. The van der Waals surface area contributed by atoms with E-state index in [4.69, 9.17) is 9.47 Å². The lowest BCUT2D eigenvalue weighted by Crippen LogP contribution is -2.21. The SMILES string of the molecule is CNC(=O)c1c(NC(=O)c2ccc(OC)c(OC)c2)sc2c1CCC2. The van der Waals surface area contributed by atoms with Gasteiger partial charge in [0, 0.05) is 17.5 Å². The zero-order valence-electron chi connectivity index (χ0n) is 14.4. The molecular formula is C18H20N2O4S. The smallest absolute Gasteiger partial charge is 0.256 e.